The Labute approximate surface area is 103 Å². The molecule has 0 aliphatic carbocycles. The lowest BCUT2D eigenvalue weighted by molar-refractivity contribution is 0.174. The molecule has 0 spiro atoms. The van der Waals surface area contributed by atoms with Gasteiger partial charge in [-0.15, -0.1) is 0 Å². The Bertz CT molecular complexity index is 334. The summed E-state index contributed by atoms with van der Waals surface area (Å²) in [7, 11) is 0. The number of thioether (sulfide) groups is 1. The normalized spacial score (nSPS) is 13.1. The molecule has 0 heterocycles. The van der Waals surface area contributed by atoms with Crippen LogP contribution in [-0.4, -0.2) is 17.1 Å². The molecule has 16 heavy (non-hydrogen) atoms. The molecule has 2 heteroatoms. The highest BCUT2D eigenvalue weighted by atomic mass is 32.2. The van der Waals surface area contributed by atoms with Crippen LogP contribution in [0.4, 0.5) is 0 Å². The molecule has 0 aromatic heterocycles. The number of aliphatic hydroxyl groups excluding tert-OH is 1. The molecule has 1 unspecified atom stereocenters. The molecule has 1 atom stereocenters. The minimum Gasteiger partial charge on any atom is -0.388 e. The smallest absolute Gasteiger partial charge is 0.0800 e. The molecule has 0 amide bonds. The Balaban J connectivity index is 2.88. The van der Waals surface area contributed by atoms with Gasteiger partial charge in [-0.3, -0.25) is 0 Å². The van der Waals surface area contributed by atoms with Gasteiger partial charge < -0.3 is 5.11 Å². The van der Waals surface area contributed by atoms with Gasteiger partial charge in [0.25, 0.3) is 0 Å². The molecule has 1 aromatic carbocycles. The van der Waals surface area contributed by atoms with Crippen LogP contribution in [0.1, 0.15) is 49.0 Å². The van der Waals surface area contributed by atoms with Crippen molar-refractivity contribution in [2.75, 3.05) is 12.0 Å². The molecule has 90 valence electrons. The van der Waals surface area contributed by atoms with Gasteiger partial charge in [0.15, 0.2) is 0 Å². The monoisotopic (exact) mass is 238 g/mol. The lowest BCUT2D eigenvalue weighted by Gasteiger charge is -2.16. The molecule has 0 saturated heterocycles. The van der Waals surface area contributed by atoms with Crippen molar-refractivity contribution in [3.05, 3.63) is 34.9 Å². The molecule has 1 nitrogen and oxygen atoms in total. The van der Waals surface area contributed by atoms with Crippen LogP contribution < -0.4 is 0 Å². The second-order valence-corrected chi connectivity index (χ2v) is 5.55. The van der Waals surface area contributed by atoms with Crippen LogP contribution in [0.5, 0.6) is 0 Å². The predicted octanol–water partition coefficient (Wildman–Crippen LogP) is 3.90. The van der Waals surface area contributed by atoms with Crippen molar-refractivity contribution in [2.24, 2.45) is 0 Å². The van der Waals surface area contributed by atoms with Crippen LogP contribution in [0.25, 0.3) is 0 Å². The summed E-state index contributed by atoms with van der Waals surface area (Å²) < 4.78 is 0. The zero-order valence-electron chi connectivity index (χ0n) is 10.7. The summed E-state index contributed by atoms with van der Waals surface area (Å²) in [5.74, 6) is 1.53. The first kappa shape index (κ1) is 13.6. The van der Waals surface area contributed by atoms with Crippen LogP contribution in [0.15, 0.2) is 18.2 Å². The Morgan fingerprint density at radius 3 is 2.56 bits per heavy atom. The number of aryl methyl sites for hydroxylation is 1. The molecular formula is C14H22OS. The number of benzene rings is 1. The molecule has 1 N–H and O–H groups in total. The summed E-state index contributed by atoms with van der Waals surface area (Å²) in [5, 5.41) is 10.1. The summed E-state index contributed by atoms with van der Waals surface area (Å²) in [4.78, 5) is 0. The van der Waals surface area contributed by atoms with E-state index in [1.54, 1.807) is 11.8 Å². The zero-order valence-corrected chi connectivity index (χ0v) is 11.5. The van der Waals surface area contributed by atoms with Gasteiger partial charge in [-0.2, -0.15) is 11.8 Å². The van der Waals surface area contributed by atoms with Crippen LogP contribution in [0, 0.1) is 6.92 Å². The van der Waals surface area contributed by atoms with E-state index in [-0.39, 0.29) is 6.10 Å². The molecule has 0 aliphatic rings. The number of aliphatic hydroxyl groups is 1. The molecule has 1 aromatic rings. The standard InChI is InChI=1S/C14H22OS/c1-10(2)12-6-5-11(3)13(9-12)14(15)7-8-16-4/h5-6,9-10,14-15H,7-8H2,1-4H3. The van der Waals surface area contributed by atoms with Gasteiger partial charge in [0.05, 0.1) is 6.10 Å². The van der Waals surface area contributed by atoms with E-state index in [1.165, 1.54) is 11.1 Å². The average Bonchev–Trinajstić information content (AvgIpc) is 2.26. The van der Waals surface area contributed by atoms with Crippen molar-refractivity contribution in [1.29, 1.82) is 0 Å². The second-order valence-electron chi connectivity index (χ2n) is 4.57. The third-order valence-electron chi connectivity index (χ3n) is 2.92. The summed E-state index contributed by atoms with van der Waals surface area (Å²) in [5.41, 5.74) is 3.60. The fraction of sp³-hybridized carbons (Fsp3) is 0.571. The fourth-order valence-corrected chi connectivity index (χ4v) is 2.22. The predicted molar refractivity (Wildman–Crippen MR) is 73.2 cm³/mol. The molecule has 0 fully saturated rings. The summed E-state index contributed by atoms with van der Waals surface area (Å²) in [6.07, 6.45) is 2.60. The van der Waals surface area contributed by atoms with Crippen molar-refractivity contribution in [2.45, 2.75) is 39.2 Å². The van der Waals surface area contributed by atoms with Gasteiger partial charge in [-0.1, -0.05) is 32.0 Å². The fourth-order valence-electron chi connectivity index (χ4n) is 1.76. The third kappa shape index (κ3) is 3.53. The lowest BCUT2D eigenvalue weighted by atomic mass is 9.94. The molecule has 0 saturated carbocycles. The van der Waals surface area contributed by atoms with Gasteiger partial charge >= 0.3 is 0 Å². The zero-order chi connectivity index (χ0) is 12.1. The van der Waals surface area contributed by atoms with Crippen LogP contribution in [0.3, 0.4) is 0 Å². The first-order valence-corrected chi connectivity index (χ1v) is 7.23. The lowest BCUT2D eigenvalue weighted by Crippen LogP contribution is -2.03. The Morgan fingerprint density at radius 2 is 2.00 bits per heavy atom. The van der Waals surface area contributed by atoms with Crippen molar-refractivity contribution in [1.82, 2.24) is 0 Å². The van der Waals surface area contributed by atoms with Gasteiger partial charge in [0, 0.05) is 0 Å². The van der Waals surface area contributed by atoms with E-state index in [2.05, 4.69) is 45.2 Å². The van der Waals surface area contributed by atoms with Gasteiger partial charge in [-0.25, -0.2) is 0 Å². The summed E-state index contributed by atoms with van der Waals surface area (Å²) in [6, 6.07) is 6.43. The molecule has 1 rings (SSSR count). The summed E-state index contributed by atoms with van der Waals surface area (Å²) >= 11 is 1.78. The highest BCUT2D eigenvalue weighted by Gasteiger charge is 2.11. The first-order valence-electron chi connectivity index (χ1n) is 5.83. The first-order chi connectivity index (χ1) is 7.56. The molecule has 0 bridgehead atoms. The number of hydrogen-bond acceptors (Lipinski definition) is 2. The number of hydrogen-bond donors (Lipinski definition) is 1. The maximum atomic E-state index is 10.1. The van der Waals surface area contributed by atoms with Crippen molar-refractivity contribution >= 4 is 11.8 Å². The average molecular weight is 238 g/mol. The van der Waals surface area contributed by atoms with Gasteiger partial charge in [-0.05, 0) is 48.0 Å². The number of rotatable bonds is 5. The topological polar surface area (TPSA) is 20.2 Å². The third-order valence-corrected chi connectivity index (χ3v) is 3.57. The minimum absolute atomic E-state index is 0.314. The van der Waals surface area contributed by atoms with E-state index in [4.69, 9.17) is 0 Å². The Hall–Kier alpha value is -0.470. The van der Waals surface area contributed by atoms with Gasteiger partial charge in [0.2, 0.25) is 0 Å². The largest absolute Gasteiger partial charge is 0.388 e. The van der Waals surface area contributed by atoms with Crippen molar-refractivity contribution in [3.8, 4) is 0 Å². The molecule has 0 aliphatic heterocycles. The van der Waals surface area contributed by atoms with Crippen LogP contribution in [0.2, 0.25) is 0 Å². The van der Waals surface area contributed by atoms with E-state index in [0.29, 0.717) is 5.92 Å². The van der Waals surface area contributed by atoms with E-state index in [9.17, 15) is 5.11 Å². The molecular weight excluding hydrogens is 216 g/mol. The van der Waals surface area contributed by atoms with Crippen LogP contribution >= 0.6 is 11.8 Å². The molecule has 0 radical (unpaired) electrons. The van der Waals surface area contributed by atoms with E-state index in [0.717, 1.165) is 17.7 Å². The van der Waals surface area contributed by atoms with Crippen LogP contribution in [-0.2, 0) is 0 Å². The highest BCUT2D eigenvalue weighted by molar-refractivity contribution is 7.98. The SMILES string of the molecule is CSCCC(O)c1cc(C(C)C)ccc1C. The Morgan fingerprint density at radius 1 is 1.31 bits per heavy atom. The van der Waals surface area contributed by atoms with E-state index < -0.39 is 0 Å². The van der Waals surface area contributed by atoms with Crippen molar-refractivity contribution in [3.63, 3.8) is 0 Å². The van der Waals surface area contributed by atoms with E-state index >= 15 is 0 Å². The van der Waals surface area contributed by atoms with Gasteiger partial charge in [0.1, 0.15) is 0 Å². The summed E-state index contributed by atoms with van der Waals surface area (Å²) in [6.45, 7) is 6.44. The quantitative estimate of drug-likeness (QED) is 0.839. The van der Waals surface area contributed by atoms with Crippen molar-refractivity contribution < 1.29 is 5.11 Å². The maximum Gasteiger partial charge on any atom is 0.0800 e. The highest BCUT2D eigenvalue weighted by Crippen LogP contribution is 2.26. The Kier molecular flexibility index (Phi) is 5.36. The second kappa shape index (κ2) is 6.31. The maximum absolute atomic E-state index is 10.1. The van der Waals surface area contributed by atoms with E-state index in [1.807, 2.05) is 0 Å². The minimum atomic E-state index is -0.314.